The number of urea groups is 1. The first-order valence-corrected chi connectivity index (χ1v) is 11.7. The second-order valence-corrected chi connectivity index (χ2v) is 9.63. The Morgan fingerprint density at radius 2 is 1.94 bits per heavy atom. The molecule has 4 rings (SSSR count). The lowest BCUT2D eigenvalue weighted by Crippen LogP contribution is -2.41. The van der Waals surface area contributed by atoms with Gasteiger partial charge in [-0.05, 0) is 30.7 Å². The normalized spacial score (nSPS) is 18.1. The topological polar surface area (TPSA) is 135 Å². The van der Waals surface area contributed by atoms with E-state index in [1.165, 1.54) is 23.1 Å². The number of anilines is 1. The molecule has 0 fully saturated rings. The Kier molecular flexibility index (Phi) is 6.75. The number of nitrogens with zero attached hydrogens (tertiary/aromatic N) is 5. The van der Waals surface area contributed by atoms with Crippen molar-refractivity contribution in [1.82, 2.24) is 15.5 Å². The summed E-state index contributed by atoms with van der Waals surface area (Å²) in [4.78, 5) is 14.3. The summed E-state index contributed by atoms with van der Waals surface area (Å²) in [6.07, 6.45) is 0.325. The van der Waals surface area contributed by atoms with Crippen molar-refractivity contribution in [2.45, 2.75) is 18.2 Å². The van der Waals surface area contributed by atoms with Crippen LogP contribution in [0.15, 0.2) is 58.6 Å². The van der Waals surface area contributed by atoms with Crippen molar-refractivity contribution in [2.75, 3.05) is 11.6 Å². The van der Waals surface area contributed by atoms with E-state index in [1.807, 2.05) is 37.3 Å². The molecule has 1 aliphatic heterocycles. The number of aliphatic imine (C=N–C) groups is 1. The fraction of sp³-hybridized carbons (Fsp3) is 0.190. The number of amides is 2. The number of hydrogen-bond acceptors (Lipinski definition) is 8. The van der Waals surface area contributed by atoms with E-state index in [0.29, 0.717) is 11.6 Å². The number of nitrogens with two attached hydrogens (primary N) is 2. The Balaban J connectivity index is 1.81. The number of hydrazone groups is 1. The van der Waals surface area contributed by atoms with Crippen LogP contribution < -0.4 is 21.8 Å². The zero-order valence-electron chi connectivity index (χ0n) is 17.9. The largest absolute Gasteiger partial charge is 0.370 e. The van der Waals surface area contributed by atoms with E-state index in [-0.39, 0.29) is 23.1 Å². The van der Waals surface area contributed by atoms with Gasteiger partial charge in [-0.1, -0.05) is 53.4 Å². The monoisotopic (exact) mass is 502 g/mol. The zero-order chi connectivity index (χ0) is 24.3. The zero-order valence-corrected chi connectivity index (χ0v) is 19.5. The Hall–Kier alpha value is -3.58. The number of halogens is 2. The van der Waals surface area contributed by atoms with Crippen molar-refractivity contribution in [3.63, 3.8) is 0 Å². The van der Waals surface area contributed by atoms with Gasteiger partial charge in [-0.3, -0.25) is 10.3 Å². The number of nitrogens with one attached hydrogen (secondary N) is 1. The van der Waals surface area contributed by atoms with Gasteiger partial charge >= 0.3 is 6.03 Å². The van der Waals surface area contributed by atoms with Crippen LogP contribution in [0.5, 0.6) is 0 Å². The number of rotatable bonds is 6. The predicted molar refractivity (Wildman–Crippen MR) is 130 cm³/mol. The number of thioether (sulfide) groups is 1. The summed E-state index contributed by atoms with van der Waals surface area (Å²) in [5.74, 6) is -1.31. The third-order valence-corrected chi connectivity index (χ3v) is 7.12. The molecule has 1 aromatic heterocycles. The van der Waals surface area contributed by atoms with Gasteiger partial charge in [0.1, 0.15) is 26.6 Å². The average Bonchev–Trinajstić information content (AvgIpc) is 3.40. The third kappa shape index (κ3) is 4.84. The molecule has 34 heavy (non-hydrogen) atoms. The van der Waals surface area contributed by atoms with Crippen LogP contribution in [0.1, 0.15) is 22.6 Å². The molecule has 0 bridgehead atoms. The molecule has 0 saturated carbocycles. The van der Waals surface area contributed by atoms with Crippen LogP contribution in [0.3, 0.4) is 0 Å². The molecule has 2 heterocycles. The van der Waals surface area contributed by atoms with Gasteiger partial charge < -0.3 is 11.5 Å². The molecule has 0 radical (unpaired) electrons. The molecule has 1 unspecified atom stereocenters. The predicted octanol–water partition coefficient (Wildman–Crippen LogP) is 3.27. The quantitative estimate of drug-likeness (QED) is 0.350. The second kappa shape index (κ2) is 9.73. The number of primary amides is 1. The SMILES string of the molecule is Cc1nnc(N2N=C(c3cc(F)ccc3F)SC2(CCN=C(N)NC(N)=O)c2ccccc2)s1. The van der Waals surface area contributed by atoms with E-state index in [1.54, 1.807) is 5.01 Å². The lowest BCUT2D eigenvalue weighted by molar-refractivity contribution is 0.253. The molecule has 3 aromatic rings. The summed E-state index contributed by atoms with van der Waals surface area (Å²) in [5.41, 5.74) is 11.7. The van der Waals surface area contributed by atoms with Gasteiger partial charge in [-0.25, -0.2) is 18.6 Å². The Morgan fingerprint density at radius 3 is 2.62 bits per heavy atom. The fourth-order valence-electron chi connectivity index (χ4n) is 3.41. The van der Waals surface area contributed by atoms with Crippen LogP contribution in [0.4, 0.5) is 18.7 Å². The van der Waals surface area contributed by atoms with Crippen LogP contribution >= 0.6 is 23.1 Å². The first-order chi connectivity index (χ1) is 16.3. The lowest BCUT2D eigenvalue weighted by Gasteiger charge is -2.35. The minimum absolute atomic E-state index is 0.0347. The molecule has 5 N–H and O–H groups in total. The highest BCUT2D eigenvalue weighted by Gasteiger charge is 2.48. The maximum atomic E-state index is 14.7. The van der Waals surface area contributed by atoms with Crippen molar-refractivity contribution in [1.29, 1.82) is 0 Å². The standard InChI is InChI=1S/C21H20F2N8OS2/c1-12-28-29-20(33-12)31-21(13-5-3-2-4-6-13,9-10-26-18(24)27-19(25)32)34-17(30-31)15-11-14(22)7-8-16(15)23/h2-8,11H,9-10H2,1H3,(H5,24,25,26,27,32). The van der Waals surface area contributed by atoms with Crippen molar-refractivity contribution in [3.8, 4) is 0 Å². The molecule has 1 aliphatic rings. The molecular formula is C21H20F2N8OS2. The molecule has 0 saturated heterocycles. The Bertz CT molecular complexity index is 1270. The summed E-state index contributed by atoms with van der Waals surface area (Å²) < 4.78 is 28.7. The Morgan fingerprint density at radius 1 is 1.18 bits per heavy atom. The average molecular weight is 503 g/mol. The van der Waals surface area contributed by atoms with Gasteiger partial charge in [-0.15, -0.1) is 10.2 Å². The van der Waals surface area contributed by atoms with Gasteiger partial charge in [0.25, 0.3) is 0 Å². The van der Waals surface area contributed by atoms with E-state index in [9.17, 15) is 13.6 Å². The van der Waals surface area contributed by atoms with Crippen molar-refractivity contribution in [3.05, 3.63) is 76.3 Å². The van der Waals surface area contributed by atoms with Gasteiger partial charge in [0, 0.05) is 18.5 Å². The van der Waals surface area contributed by atoms with Crippen molar-refractivity contribution in [2.24, 2.45) is 21.6 Å². The molecule has 2 amide bonds. The molecule has 2 aromatic carbocycles. The third-order valence-electron chi connectivity index (χ3n) is 4.86. The molecule has 1 atom stereocenters. The van der Waals surface area contributed by atoms with E-state index in [2.05, 4.69) is 25.6 Å². The van der Waals surface area contributed by atoms with Gasteiger partial charge in [-0.2, -0.15) is 5.10 Å². The molecular weight excluding hydrogens is 482 g/mol. The number of carbonyl (C=O) groups excluding carboxylic acids is 1. The first-order valence-electron chi connectivity index (χ1n) is 10.0. The second-order valence-electron chi connectivity index (χ2n) is 7.20. The minimum atomic E-state index is -0.933. The number of carbonyl (C=O) groups is 1. The maximum Gasteiger partial charge on any atom is 0.318 e. The number of hydrogen-bond donors (Lipinski definition) is 3. The van der Waals surface area contributed by atoms with Gasteiger partial charge in [0.05, 0.1) is 0 Å². The molecule has 13 heteroatoms. The number of aryl methyl sites for hydroxylation is 1. The fourth-order valence-corrected chi connectivity index (χ4v) is 5.55. The highest BCUT2D eigenvalue weighted by molar-refractivity contribution is 8.15. The molecule has 9 nitrogen and oxygen atoms in total. The first kappa shape index (κ1) is 23.6. The summed E-state index contributed by atoms with van der Waals surface area (Å²) >= 11 is 2.57. The highest BCUT2D eigenvalue weighted by atomic mass is 32.2. The summed E-state index contributed by atoms with van der Waals surface area (Å²) in [6.45, 7) is 1.97. The van der Waals surface area contributed by atoms with Crippen molar-refractivity contribution >= 4 is 45.3 Å². The summed E-state index contributed by atoms with van der Waals surface area (Å²) in [5, 5.41) is 18.4. The Labute approximate surface area is 202 Å². The van der Waals surface area contributed by atoms with Crippen molar-refractivity contribution < 1.29 is 13.6 Å². The number of aromatic nitrogens is 2. The van der Waals surface area contributed by atoms with E-state index >= 15 is 0 Å². The minimum Gasteiger partial charge on any atom is -0.370 e. The van der Waals surface area contributed by atoms with Crippen LogP contribution in [0.25, 0.3) is 0 Å². The van der Waals surface area contributed by atoms with Gasteiger partial charge in [0.15, 0.2) is 5.96 Å². The van der Waals surface area contributed by atoms with Crippen LogP contribution in [0, 0.1) is 18.6 Å². The summed E-state index contributed by atoms with van der Waals surface area (Å²) in [7, 11) is 0. The molecule has 0 aliphatic carbocycles. The summed E-state index contributed by atoms with van der Waals surface area (Å²) in [6, 6.07) is 11.8. The van der Waals surface area contributed by atoms with E-state index in [0.717, 1.165) is 28.8 Å². The number of benzene rings is 2. The lowest BCUT2D eigenvalue weighted by atomic mass is 10.0. The highest BCUT2D eigenvalue weighted by Crippen LogP contribution is 2.52. The van der Waals surface area contributed by atoms with Gasteiger partial charge in [0.2, 0.25) is 5.13 Å². The van der Waals surface area contributed by atoms with E-state index in [4.69, 9.17) is 11.5 Å². The molecule has 176 valence electrons. The van der Waals surface area contributed by atoms with Crippen LogP contribution in [0.2, 0.25) is 0 Å². The smallest absolute Gasteiger partial charge is 0.318 e. The van der Waals surface area contributed by atoms with E-state index < -0.39 is 22.5 Å². The van der Waals surface area contributed by atoms with Crippen LogP contribution in [-0.4, -0.2) is 33.8 Å². The van der Waals surface area contributed by atoms with Crippen LogP contribution in [-0.2, 0) is 4.87 Å². The number of guanidine groups is 1. The molecule has 0 spiro atoms. The maximum absolute atomic E-state index is 14.7.